The number of benzene rings is 1. The van der Waals surface area contributed by atoms with Gasteiger partial charge in [-0.25, -0.2) is 0 Å². The highest BCUT2D eigenvalue weighted by molar-refractivity contribution is 9.10. The van der Waals surface area contributed by atoms with Gasteiger partial charge in [-0.1, -0.05) is 33.6 Å². The van der Waals surface area contributed by atoms with Crippen LogP contribution in [0.2, 0.25) is 5.02 Å². The van der Waals surface area contributed by atoms with E-state index in [1.165, 1.54) is 0 Å². The summed E-state index contributed by atoms with van der Waals surface area (Å²) in [6.45, 7) is 0.533. The lowest BCUT2D eigenvalue weighted by molar-refractivity contribution is -0.140. The molecule has 1 aliphatic carbocycles. The Morgan fingerprint density at radius 2 is 2.29 bits per heavy atom. The summed E-state index contributed by atoms with van der Waals surface area (Å²) in [5.41, 5.74) is 1.02. The van der Waals surface area contributed by atoms with Gasteiger partial charge in [-0.05, 0) is 36.5 Å². The maximum atomic E-state index is 11.0. The molecule has 0 radical (unpaired) electrons. The molecule has 92 valence electrons. The van der Waals surface area contributed by atoms with Gasteiger partial charge in [-0.3, -0.25) is 4.79 Å². The molecule has 1 atom stereocenters. The first-order valence-electron chi connectivity index (χ1n) is 5.48. The number of aliphatic carboxylic acids is 1. The van der Waals surface area contributed by atoms with E-state index in [0.29, 0.717) is 17.5 Å². The van der Waals surface area contributed by atoms with Gasteiger partial charge in [0.1, 0.15) is 6.04 Å². The van der Waals surface area contributed by atoms with E-state index in [1.54, 1.807) is 6.07 Å². The fraction of sp³-hybridized carbons (Fsp3) is 0.417. The Labute approximate surface area is 113 Å². The van der Waals surface area contributed by atoms with E-state index in [2.05, 4.69) is 21.2 Å². The molecule has 17 heavy (non-hydrogen) atoms. The van der Waals surface area contributed by atoms with Crippen LogP contribution >= 0.6 is 27.5 Å². The minimum absolute atomic E-state index is 0.290. The Morgan fingerprint density at radius 1 is 1.59 bits per heavy atom. The zero-order chi connectivity index (χ0) is 12.4. The van der Waals surface area contributed by atoms with E-state index in [4.69, 9.17) is 16.7 Å². The lowest BCUT2D eigenvalue weighted by atomic mass is 10.1. The minimum Gasteiger partial charge on any atom is -0.480 e. The smallest absolute Gasteiger partial charge is 0.320 e. The van der Waals surface area contributed by atoms with Crippen LogP contribution in [0.15, 0.2) is 22.7 Å². The zero-order valence-corrected chi connectivity index (χ0v) is 11.5. The SMILES string of the molecule is O=C(O)C(NCc1ccc(Cl)cc1Br)C1CC1. The molecule has 1 aliphatic rings. The standard InChI is InChI=1S/C12H13BrClNO2/c13-10-5-9(14)4-3-8(10)6-15-11(12(16)17)7-1-2-7/h3-5,7,11,15H,1-2,6H2,(H,16,17). The predicted octanol–water partition coefficient (Wildman–Crippen LogP) is 3.06. The first-order valence-corrected chi connectivity index (χ1v) is 6.65. The second-order valence-corrected chi connectivity index (χ2v) is 5.56. The molecule has 0 spiro atoms. The molecule has 1 fully saturated rings. The maximum Gasteiger partial charge on any atom is 0.320 e. The van der Waals surface area contributed by atoms with Crippen LogP contribution in [-0.2, 0) is 11.3 Å². The number of rotatable bonds is 5. The number of carboxylic acid groups (broad SMARTS) is 1. The summed E-state index contributed by atoms with van der Waals surface area (Å²) in [5, 5.41) is 12.8. The van der Waals surface area contributed by atoms with Gasteiger partial charge in [0.2, 0.25) is 0 Å². The molecule has 1 aromatic carbocycles. The van der Waals surface area contributed by atoms with Crippen LogP contribution in [0.25, 0.3) is 0 Å². The first-order chi connectivity index (χ1) is 8.08. The topological polar surface area (TPSA) is 49.3 Å². The zero-order valence-electron chi connectivity index (χ0n) is 9.12. The third kappa shape index (κ3) is 3.44. The van der Waals surface area contributed by atoms with Crippen LogP contribution in [0, 0.1) is 5.92 Å². The molecule has 1 aromatic rings. The summed E-state index contributed by atoms with van der Waals surface area (Å²) in [4.78, 5) is 11.0. The van der Waals surface area contributed by atoms with Crippen LogP contribution in [0.1, 0.15) is 18.4 Å². The maximum absolute atomic E-state index is 11.0. The third-order valence-corrected chi connectivity index (χ3v) is 3.86. The third-order valence-electron chi connectivity index (χ3n) is 2.89. The molecular weight excluding hydrogens is 305 g/mol. The van der Waals surface area contributed by atoms with Crippen LogP contribution in [-0.4, -0.2) is 17.1 Å². The molecule has 2 N–H and O–H groups in total. The molecule has 0 saturated heterocycles. The Hall–Kier alpha value is -0.580. The fourth-order valence-electron chi connectivity index (χ4n) is 1.77. The number of hydrogen-bond donors (Lipinski definition) is 2. The van der Waals surface area contributed by atoms with Gasteiger partial charge in [0.15, 0.2) is 0 Å². The van der Waals surface area contributed by atoms with Gasteiger partial charge in [0.25, 0.3) is 0 Å². The van der Waals surface area contributed by atoms with Crippen molar-refractivity contribution in [2.75, 3.05) is 0 Å². The minimum atomic E-state index is -0.766. The number of nitrogens with one attached hydrogen (secondary N) is 1. The van der Waals surface area contributed by atoms with E-state index >= 15 is 0 Å². The summed E-state index contributed by atoms with van der Waals surface area (Å²) in [7, 11) is 0. The number of halogens is 2. The first kappa shape index (κ1) is 12.9. The molecular formula is C12H13BrClNO2. The summed E-state index contributed by atoms with van der Waals surface area (Å²) in [6.07, 6.45) is 2.01. The predicted molar refractivity (Wildman–Crippen MR) is 70.1 cm³/mol. The molecule has 0 amide bonds. The summed E-state index contributed by atoms with van der Waals surface area (Å²) in [5.74, 6) is -0.476. The summed E-state index contributed by atoms with van der Waals surface area (Å²) >= 11 is 9.26. The highest BCUT2D eigenvalue weighted by Crippen LogP contribution is 2.33. The highest BCUT2D eigenvalue weighted by atomic mass is 79.9. The van der Waals surface area contributed by atoms with Gasteiger partial charge in [0.05, 0.1) is 0 Å². The van der Waals surface area contributed by atoms with Crippen molar-refractivity contribution in [2.24, 2.45) is 5.92 Å². The van der Waals surface area contributed by atoms with E-state index < -0.39 is 12.0 Å². The molecule has 1 unspecified atom stereocenters. The van der Waals surface area contributed by atoms with Crippen molar-refractivity contribution < 1.29 is 9.90 Å². The van der Waals surface area contributed by atoms with Crippen LogP contribution in [0.5, 0.6) is 0 Å². The van der Waals surface area contributed by atoms with E-state index in [0.717, 1.165) is 22.9 Å². The number of carboxylic acids is 1. The normalized spacial score (nSPS) is 16.8. The van der Waals surface area contributed by atoms with Gasteiger partial charge < -0.3 is 10.4 Å². The summed E-state index contributed by atoms with van der Waals surface area (Å²) < 4.78 is 0.900. The Kier molecular flexibility index (Phi) is 4.07. The van der Waals surface area contributed by atoms with E-state index in [-0.39, 0.29) is 0 Å². The van der Waals surface area contributed by atoms with Gasteiger partial charge in [-0.2, -0.15) is 0 Å². The van der Waals surface area contributed by atoms with Crippen molar-refractivity contribution in [1.29, 1.82) is 0 Å². The number of carbonyl (C=O) groups is 1. The molecule has 2 rings (SSSR count). The van der Waals surface area contributed by atoms with Crippen molar-refractivity contribution in [3.63, 3.8) is 0 Å². The van der Waals surface area contributed by atoms with Crippen molar-refractivity contribution in [3.05, 3.63) is 33.3 Å². The van der Waals surface area contributed by atoms with Crippen molar-refractivity contribution >= 4 is 33.5 Å². The molecule has 1 saturated carbocycles. The van der Waals surface area contributed by atoms with Crippen LogP contribution in [0.3, 0.4) is 0 Å². The average Bonchev–Trinajstić information content (AvgIpc) is 3.05. The van der Waals surface area contributed by atoms with Crippen molar-refractivity contribution in [3.8, 4) is 0 Å². The highest BCUT2D eigenvalue weighted by Gasteiger charge is 2.35. The molecule has 5 heteroatoms. The summed E-state index contributed by atoms with van der Waals surface area (Å²) in [6, 6.07) is 5.07. The molecule has 0 aromatic heterocycles. The lowest BCUT2D eigenvalue weighted by Gasteiger charge is -2.14. The average molecular weight is 319 g/mol. The van der Waals surface area contributed by atoms with Crippen LogP contribution in [0.4, 0.5) is 0 Å². The van der Waals surface area contributed by atoms with Gasteiger partial charge in [0, 0.05) is 16.0 Å². The molecule has 0 bridgehead atoms. The second kappa shape index (κ2) is 5.38. The Bertz CT molecular complexity index is 435. The largest absolute Gasteiger partial charge is 0.480 e. The Balaban J connectivity index is 1.98. The second-order valence-electron chi connectivity index (χ2n) is 4.27. The van der Waals surface area contributed by atoms with Gasteiger partial charge in [-0.15, -0.1) is 0 Å². The number of hydrogen-bond acceptors (Lipinski definition) is 2. The Morgan fingerprint density at radius 3 is 2.82 bits per heavy atom. The van der Waals surface area contributed by atoms with Gasteiger partial charge >= 0.3 is 5.97 Å². The lowest BCUT2D eigenvalue weighted by Crippen LogP contribution is -2.38. The monoisotopic (exact) mass is 317 g/mol. The van der Waals surface area contributed by atoms with Crippen LogP contribution < -0.4 is 5.32 Å². The molecule has 3 nitrogen and oxygen atoms in total. The van der Waals surface area contributed by atoms with E-state index in [1.807, 2.05) is 12.1 Å². The fourth-order valence-corrected chi connectivity index (χ4v) is 2.59. The van der Waals surface area contributed by atoms with Crippen molar-refractivity contribution in [1.82, 2.24) is 5.32 Å². The molecule has 0 heterocycles. The molecule has 0 aliphatic heterocycles. The van der Waals surface area contributed by atoms with E-state index in [9.17, 15) is 4.79 Å². The quantitative estimate of drug-likeness (QED) is 0.877. The van der Waals surface area contributed by atoms with Crippen molar-refractivity contribution in [2.45, 2.75) is 25.4 Å².